The fraction of sp³-hybridized carbons (Fsp3) is 0.500. The van der Waals surface area contributed by atoms with E-state index < -0.39 is 11.5 Å². The lowest BCUT2D eigenvalue weighted by Crippen LogP contribution is -2.50. The molecule has 2 heterocycles. The molecule has 1 aliphatic heterocycles. The van der Waals surface area contributed by atoms with Gasteiger partial charge < -0.3 is 15.7 Å². The number of nitrogens with two attached hydrogens (primary N) is 1. The smallest absolute Gasteiger partial charge is 0.325 e. The average molecular weight is 213 g/mol. The number of carboxylic acids is 1. The van der Waals surface area contributed by atoms with Gasteiger partial charge in [0.05, 0.1) is 0 Å². The molecule has 0 aliphatic carbocycles. The third kappa shape index (κ3) is 1.46. The van der Waals surface area contributed by atoms with Gasteiger partial charge in [0.15, 0.2) is 5.13 Å². The number of thiazole rings is 1. The van der Waals surface area contributed by atoms with Gasteiger partial charge in [-0.2, -0.15) is 0 Å². The number of aliphatic carboxylic acids is 1. The molecule has 1 atom stereocenters. The number of rotatable bonds is 2. The molecule has 1 aliphatic rings. The van der Waals surface area contributed by atoms with Gasteiger partial charge in [0.1, 0.15) is 5.54 Å². The fourth-order valence-corrected chi connectivity index (χ4v) is 2.21. The zero-order valence-corrected chi connectivity index (χ0v) is 8.33. The van der Waals surface area contributed by atoms with E-state index in [4.69, 9.17) is 10.8 Å². The Morgan fingerprint density at radius 1 is 1.79 bits per heavy atom. The van der Waals surface area contributed by atoms with Crippen LogP contribution in [0.2, 0.25) is 0 Å². The average Bonchev–Trinajstić information content (AvgIpc) is 2.72. The van der Waals surface area contributed by atoms with Gasteiger partial charge in [0.25, 0.3) is 0 Å². The Morgan fingerprint density at radius 2 is 2.57 bits per heavy atom. The van der Waals surface area contributed by atoms with E-state index in [1.165, 1.54) is 11.3 Å². The van der Waals surface area contributed by atoms with Crippen LogP contribution >= 0.6 is 11.3 Å². The summed E-state index contributed by atoms with van der Waals surface area (Å²) >= 11 is 1.50. The molecule has 0 amide bonds. The van der Waals surface area contributed by atoms with E-state index in [-0.39, 0.29) is 0 Å². The van der Waals surface area contributed by atoms with Crippen molar-refractivity contribution in [2.24, 2.45) is 5.73 Å². The molecular formula is C8H11N3O2S. The Balaban J connectivity index is 2.12. The second-order valence-corrected chi connectivity index (χ2v) is 4.32. The van der Waals surface area contributed by atoms with Crippen LogP contribution < -0.4 is 10.6 Å². The molecule has 0 aromatic carbocycles. The molecule has 3 N–H and O–H groups in total. The number of anilines is 1. The Labute approximate surface area is 85.2 Å². The van der Waals surface area contributed by atoms with Gasteiger partial charge in [-0.1, -0.05) is 0 Å². The zero-order valence-electron chi connectivity index (χ0n) is 7.51. The van der Waals surface area contributed by atoms with Crippen molar-refractivity contribution in [1.82, 2.24) is 4.98 Å². The standard InChI is InChI=1S/C8H11N3O2S/c9-8(6(12)13)1-3-11(5-8)7-10-2-4-14-7/h2,4H,1,3,5,9H2,(H,12,13). The molecule has 1 fully saturated rings. The summed E-state index contributed by atoms with van der Waals surface area (Å²) in [5, 5.41) is 11.6. The molecule has 0 bridgehead atoms. The first-order chi connectivity index (χ1) is 6.62. The summed E-state index contributed by atoms with van der Waals surface area (Å²) in [6.45, 7) is 1.01. The minimum atomic E-state index is -1.11. The molecule has 0 radical (unpaired) electrons. The highest BCUT2D eigenvalue weighted by molar-refractivity contribution is 7.13. The van der Waals surface area contributed by atoms with E-state index in [1.54, 1.807) is 6.20 Å². The molecule has 76 valence electrons. The number of nitrogens with zero attached hydrogens (tertiary/aromatic N) is 2. The second-order valence-electron chi connectivity index (χ2n) is 3.45. The summed E-state index contributed by atoms with van der Waals surface area (Å²) < 4.78 is 0. The molecule has 0 spiro atoms. The Morgan fingerprint density at radius 3 is 3.07 bits per heavy atom. The van der Waals surface area contributed by atoms with Crippen molar-refractivity contribution in [2.75, 3.05) is 18.0 Å². The SMILES string of the molecule is NC1(C(=O)O)CCN(c2nccs2)C1. The first kappa shape index (κ1) is 9.42. The lowest BCUT2D eigenvalue weighted by Gasteiger charge is -2.19. The Hall–Kier alpha value is -1.14. The van der Waals surface area contributed by atoms with E-state index in [2.05, 4.69) is 4.98 Å². The van der Waals surface area contributed by atoms with Gasteiger partial charge in [-0.3, -0.25) is 4.79 Å². The van der Waals surface area contributed by atoms with Crippen LogP contribution in [-0.2, 0) is 4.79 Å². The van der Waals surface area contributed by atoms with Crippen molar-refractivity contribution in [3.63, 3.8) is 0 Å². The molecule has 1 unspecified atom stereocenters. The van der Waals surface area contributed by atoms with Crippen LogP contribution in [0.5, 0.6) is 0 Å². The lowest BCUT2D eigenvalue weighted by atomic mass is 10.0. The maximum absolute atomic E-state index is 10.9. The first-order valence-electron chi connectivity index (χ1n) is 4.28. The van der Waals surface area contributed by atoms with Gasteiger partial charge in [-0.25, -0.2) is 4.98 Å². The number of carbonyl (C=O) groups is 1. The Kier molecular flexibility index (Phi) is 2.16. The van der Waals surface area contributed by atoms with E-state index in [0.29, 0.717) is 19.5 Å². The summed E-state index contributed by atoms with van der Waals surface area (Å²) in [5.41, 5.74) is 4.63. The summed E-state index contributed by atoms with van der Waals surface area (Å²) in [7, 11) is 0. The highest BCUT2D eigenvalue weighted by Crippen LogP contribution is 2.26. The first-order valence-corrected chi connectivity index (χ1v) is 5.16. The predicted octanol–water partition coefficient (Wildman–Crippen LogP) is 0.135. The van der Waals surface area contributed by atoms with Crippen molar-refractivity contribution < 1.29 is 9.90 Å². The number of hydrogen-bond acceptors (Lipinski definition) is 5. The van der Waals surface area contributed by atoms with Crippen molar-refractivity contribution >= 4 is 22.4 Å². The normalized spacial score (nSPS) is 26.8. The maximum atomic E-state index is 10.9. The molecule has 5 nitrogen and oxygen atoms in total. The third-order valence-corrected chi connectivity index (χ3v) is 3.25. The molecule has 1 aromatic heterocycles. The summed E-state index contributed by atoms with van der Waals surface area (Å²) in [4.78, 5) is 16.9. The molecule has 14 heavy (non-hydrogen) atoms. The van der Waals surface area contributed by atoms with E-state index in [1.807, 2.05) is 10.3 Å². The van der Waals surface area contributed by atoms with Gasteiger partial charge >= 0.3 is 5.97 Å². The van der Waals surface area contributed by atoms with Gasteiger partial charge in [-0.15, -0.1) is 11.3 Å². The zero-order chi connectivity index (χ0) is 10.2. The van der Waals surface area contributed by atoms with E-state index in [9.17, 15) is 4.79 Å². The fourth-order valence-electron chi connectivity index (χ4n) is 1.54. The second kappa shape index (κ2) is 3.21. The number of aromatic nitrogens is 1. The molecule has 0 saturated carbocycles. The van der Waals surface area contributed by atoms with Crippen molar-refractivity contribution in [3.8, 4) is 0 Å². The van der Waals surface area contributed by atoms with Crippen molar-refractivity contribution in [2.45, 2.75) is 12.0 Å². The molecule has 6 heteroatoms. The highest BCUT2D eigenvalue weighted by Gasteiger charge is 2.41. The van der Waals surface area contributed by atoms with Crippen LogP contribution in [0, 0.1) is 0 Å². The minimum Gasteiger partial charge on any atom is -0.480 e. The van der Waals surface area contributed by atoms with Crippen LogP contribution in [0.3, 0.4) is 0 Å². The predicted molar refractivity (Wildman–Crippen MR) is 53.5 cm³/mol. The largest absolute Gasteiger partial charge is 0.480 e. The van der Waals surface area contributed by atoms with Gasteiger partial charge in [0.2, 0.25) is 0 Å². The van der Waals surface area contributed by atoms with Crippen LogP contribution in [0.4, 0.5) is 5.13 Å². The van der Waals surface area contributed by atoms with Crippen LogP contribution in [-0.4, -0.2) is 34.7 Å². The topological polar surface area (TPSA) is 79.5 Å². The van der Waals surface area contributed by atoms with E-state index in [0.717, 1.165) is 5.13 Å². The quantitative estimate of drug-likeness (QED) is 0.730. The Bertz CT molecular complexity index is 340. The van der Waals surface area contributed by atoms with Crippen LogP contribution in [0.1, 0.15) is 6.42 Å². The maximum Gasteiger partial charge on any atom is 0.325 e. The van der Waals surface area contributed by atoms with Crippen molar-refractivity contribution in [3.05, 3.63) is 11.6 Å². The molecule has 1 saturated heterocycles. The lowest BCUT2D eigenvalue weighted by molar-refractivity contribution is -0.142. The molecule has 2 rings (SSSR count). The summed E-state index contributed by atoms with van der Waals surface area (Å²) in [6, 6.07) is 0. The molecular weight excluding hydrogens is 202 g/mol. The van der Waals surface area contributed by atoms with E-state index >= 15 is 0 Å². The van der Waals surface area contributed by atoms with Gasteiger partial charge in [0, 0.05) is 24.7 Å². The number of carboxylic acid groups (broad SMARTS) is 1. The van der Waals surface area contributed by atoms with Crippen LogP contribution in [0.25, 0.3) is 0 Å². The summed E-state index contributed by atoms with van der Waals surface area (Å²) in [6.07, 6.45) is 2.18. The highest BCUT2D eigenvalue weighted by atomic mass is 32.1. The third-order valence-electron chi connectivity index (χ3n) is 2.42. The van der Waals surface area contributed by atoms with Crippen molar-refractivity contribution in [1.29, 1.82) is 0 Å². The molecule has 1 aromatic rings. The minimum absolute atomic E-state index is 0.343. The van der Waals surface area contributed by atoms with Gasteiger partial charge in [-0.05, 0) is 6.42 Å². The monoisotopic (exact) mass is 213 g/mol. The number of hydrogen-bond donors (Lipinski definition) is 2. The van der Waals surface area contributed by atoms with Crippen LogP contribution in [0.15, 0.2) is 11.6 Å². The summed E-state index contributed by atoms with van der Waals surface area (Å²) in [5.74, 6) is -0.934.